The minimum atomic E-state index is -0.263. The molecule has 0 fully saturated rings. The lowest BCUT2D eigenvalue weighted by atomic mass is 9.97. The molecule has 0 spiro atoms. The van der Waals surface area contributed by atoms with E-state index >= 15 is 0 Å². The molecule has 0 unspecified atom stereocenters. The van der Waals surface area contributed by atoms with Gasteiger partial charge in [-0.25, -0.2) is 0 Å². The van der Waals surface area contributed by atoms with Gasteiger partial charge in [0.2, 0.25) is 0 Å². The Balaban J connectivity index is 2.02. The third-order valence-electron chi connectivity index (χ3n) is 4.39. The molecule has 5 heteroatoms. The first kappa shape index (κ1) is 16.4. The van der Waals surface area contributed by atoms with Gasteiger partial charge in [0, 0.05) is 22.4 Å². The van der Waals surface area contributed by atoms with Gasteiger partial charge in [-0.1, -0.05) is 60.1 Å². The van der Waals surface area contributed by atoms with E-state index in [1.54, 1.807) is 12.3 Å². The minimum Gasteiger partial charge on any atom is -0.384 e. The van der Waals surface area contributed by atoms with E-state index in [2.05, 4.69) is 5.10 Å². The van der Waals surface area contributed by atoms with Crippen LogP contribution in [0.1, 0.15) is 11.1 Å². The summed E-state index contributed by atoms with van der Waals surface area (Å²) in [5, 5.41) is 8.89. The lowest BCUT2D eigenvalue weighted by molar-refractivity contribution is 0.844. The van der Waals surface area contributed by atoms with Gasteiger partial charge in [-0.2, -0.15) is 9.78 Å². The molecule has 1 heterocycles. The van der Waals surface area contributed by atoms with Crippen molar-refractivity contribution in [1.82, 2.24) is 4.68 Å². The van der Waals surface area contributed by atoms with Crippen molar-refractivity contribution in [2.75, 3.05) is 5.73 Å². The summed E-state index contributed by atoms with van der Waals surface area (Å²) in [5.41, 5.74) is 7.40. The monoisotopic (exact) mass is 361 g/mol. The van der Waals surface area contributed by atoms with Crippen LogP contribution in [0.4, 0.5) is 5.82 Å². The van der Waals surface area contributed by atoms with Gasteiger partial charge in [-0.3, -0.25) is 4.79 Å². The number of hydrogen-bond acceptors (Lipinski definition) is 3. The standard InChI is InChI=1S/C21H16ClN3O/c1-13-10-19(23)25(20(26)11-13)24-12-18-14-6-2-4-8-16(14)21(22)17-9-5-3-7-15(17)18/h2-12H,23H2,1H3/b24-12-. The van der Waals surface area contributed by atoms with Crippen LogP contribution < -0.4 is 11.3 Å². The Morgan fingerprint density at radius 1 is 0.962 bits per heavy atom. The third-order valence-corrected chi connectivity index (χ3v) is 4.80. The molecule has 1 aromatic heterocycles. The van der Waals surface area contributed by atoms with E-state index in [1.807, 2.05) is 55.5 Å². The number of anilines is 1. The molecule has 0 aliphatic heterocycles. The lowest BCUT2D eigenvalue weighted by Crippen LogP contribution is -2.19. The molecule has 0 aliphatic carbocycles. The van der Waals surface area contributed by atoms with Crippen LogP contribution >= 0.6 is 11.6 Å². The second kappa shape index (κ2) is 6.32. The largest absolute Gasteiger partial charge is 0.384 e. The molecule has 0 atom stereocenters. The number of aromatic nitrogens is 1. The van der Waals surface area contributed by atoms with Crippen molar-refractivity contribution in [2.24, 2.45) is 5.10 Å². The molecule has 4 aromatic rings. The number of nitrogens with zero attached hydrogens (tertiary/aromatic N) is 2. The Labute approximate surface area is 155 Å². The Morgan fingerprint density at radius 3 is 2.04 bits per heavy atom. The molecule has 0 aliphatic rings. The maximum atomic E-state index is 12.2. The van der Waals surface area contributed by atoms with Gasteiger partial charge in [-0.15, -0.1) is 0 Å². The average Bonchev–Trinajstić information content (AvgIpc) is 2.63. The van der Waals surface area contributed by atoms with Crippen LogP contribution in [0.3, 0.4) is 0 Å². The van der Waals surface area contributed by atoms with Crippen LogP contribution in [0.2, 0.25) is 5.02 Å². The highest BCUT2D eigenvalue weighted by molar-refractivity contribution is 6.42. The molecule has 4 nitrogen and oxygen atoms in total. The van der Waals surface area contributed by atoms with E-state index in [0.29, 0.717) is 10.8 Å². The molecule has 0 radical (unpaired) electrons. The number of aryl methyl sites for hydroxylation is 1. The zero-order valence-electron chi connectivity index (χ0n) is 14.1. The Hall–Kier alpha value is -3.11. The lowest BCUT2D eigenvalue weighted by Gasteiger charge is -2.11. The van der Waals surface area contributed by atoms with Crippen LogP contribution in [-0.2, 0) is 0 Å². The molecule has 128 valence electrons. The second-order valence-corrected chi connectivity index (χ2v) is 6.55. The highest BCUT2D eigenvalue weighted by atomic mass is 35.5. The summed E-state index contributed by atoms with van der Waals surface area (Å²) in [6, 6.07) is 19.0. The SMILES string of the molecule is Cc1cc(N)n(/N=C\c2c3ccccc3c(Cl)c3ccccc23)c(=O)c1. The summed E-state index contributed by atoms with van der Waals surface area (Å²) in [6.45, 7) is 1.83. The average molecular weight is 362 g/mol. The maximum Gasteiger partial charge on any atom is 0.273 e. The van der Waals surface area contributed by atoms with Gasteiger partial charge in [0.1, 0.15) is 5.82 Å². The number of nitrogens with two attached hydrogens (primary N) is 1. The van der Waals surface area contributed by atoms with Gasteiger partial charge >= 0.3 is 0 Å². The van der Waals surface area contributed by atoms with E-state index in [1.165, 1.54) is 10.7 Å². The van der Waals surface area contributed by atoms with Crippen molar-refractivity contribution in [3.05, 3.63) is 87.2 Å². The fourth-order valence-electron chi connectivity index (χ4n) is 3.21. The van der Waals surface area contributed by atoms with E-state index in [-0.39, 0.29) is 5.56 Å². The number of fused-ring (bicyclic) bond motifs is 2. The van der Waals surface area contributed by atoms with Crippen molar-refractivity contribution in [2.45, 2.75) is 6.92 Å². The van der Waals surface area contributed by atoms with E-state index in [9.17, 15) is 4.79 Å². The summed E-state index contributed by atoms with van der Waals surface area (Å²) < 4.78 is 1.20. The molecule has 0 saturated carbocycles. The van der Waals surface area contributed by atoms with Crippen LogP contribution in [0.5, 0.6) is 0 Å². The zero-order chi connectivity index (χ0) is 18.3. The molecule has 0 amide bonds. The second-order valence-electron chi connectivity index (χ2n) is 6.17. The van der Waals surface area contributed by atoms with Crippen molar-refractivity contribution >= 4 is 45.2 Å². The number of benzene rings is 3. The quantitative estimate of drug-likeness (QED) is 0.419. The Morgan fingerprint density at radius 2 is 1.50 bits per heavy atom. The van der Waals surface area contributed by atoms with E-state index in [0.717, 1.165) is 32.7 Å². The van der Waals surface area contributed by atoms with Crippen LogP contribution in [-0.4, -0.2) is 10.9 Å². The molecular formula is C21H16ClN3O. The molecule has 2 N–H and O–H groups in total. The van der Waals surface area contributed by atoms with Crippen molar-refractivity contribution in [1.29, 1.82) is 0 Å². The summed E-state index contributed by atoms with van der Waals surface area (Å²) in [5.74, 6) is 0.300. The van der Waals surface area contributed by atoms with E-state index in [4.69, 9.17) is 17.3 Å². The van der Waals surface area contributed by atoms with Crippen molar-refractivity contribution < 1.29 is 0 Å². The Kier molecular flexibility index (Phi) is 3.98. The predicted octanol–water partition coefficient (Wildman–Crippen LogP) is 4.58. The molecule has 4 rings (SSSR count). The van der Waals surface area contributed by atoms with Crippen LogP contribution in [0.25, 0.3) is 21.5 Å². The topological polar surface area (TPSA) is 60.4 Å². The van der Waals surface area contributed by atoms with Crippen LogP contribution in [0.15, 0.2) is 70.6 Å². The van der Waals surface area contributed by atoms with Gasteiger partial charge in [-0.05, 0) is 29.3 Å². The van der Waals surface area contributed by atoms with E-state index < -0.39 is 0 Å². The number of halogens is 1. The highest BCUT2D eigenvalue weighted by Crippen LogP contribution is 2.35. The normalized spacial score (nSPS) is 11.6. The number of nitrogen functional groups attached to an aromatic ring is 1. The van der Waals surface area contributed by atoms with Crippen molar-refractivity contribution in [3.8, 4) is 0 Å². The summed E-state index contributed by atoms with van der Waals surface area (Å²) in [4.78, 5) is 12.2. The van der Waals surface area contributed by atoms with Gasteiger partial charge in [0.15, 0.2) is 0 Å². The molecule has 26 heavy (non-hydrogen) atoms. The first-order chi connectivity index (χ1) is 12.6. The number of pyridine rings is 1. The Bertz CT molecular complexity index is 1180. The minimum absolute atomic E-state index is 0.263. The van der Waals surface area contributed by atoms with Gasteiger partial charge in [0.05, 0.1) is 11.2 Å². The fraction of sp³-hybridized carbons (Fsp3) is 0.0476. The first-order valence-corrected chi connectivity index (χ1v) is 8.56. The fourth-order valence-corrected chi connectivity index (χ4v) is 3.54. The maximum absolute atomic E-state index is 12.2. The first-order valence-electron chi connectivity index (χ1n) is 8.19. The molecule has 0 saturated heterocycles. The molecular weight excluding hydrogens is 346 g/mol. The van der Waals surface area contributed by atoms with Crippen LogP contribution in [0, 0.1) is 6.92 Å². The third kappa shape index (κ3) is 2.65. The summed E-state index contributed by atoms with van der Waals surface area (Å²) in [6.07, 6.45) is 1.67. The number of rotatable bonds is 2. The van der Waals surface area contributed by atoms with Gasteiger partial charge < -0.3 is 5.73 Å². The number of hydrogen-bond donors (Lipinski definition) is 1. The smallest absolute Gasteiger partial charge is 0.273 e. The molecule has 0 bridgehead atoms. The van der Waals surface area contributed by atoms with Gasteiger partial charge in [0.25, 0.3) is 5.56 Å². The summed E-state index contributed by atoms with van der Waals surface area (Å²) in [7, 11) is 0. The summed E-state index contributed by atoms with van der Waals surface area (Å²) >= 11 is 6.61. The zero-order valence-corrected chi connectivity index (χ0v) is 14.9. The molecule has 3 aromatic carbocycles. The predicted molar refractivity (Wildman–Crippen MR) is 109 cm³/mol. The highest BCUT2D eigenvalue weighted by Gasteiger charge is 2.11. The van der Waals surface area contributed by atoms with Crippen molar-refractivity contribution in [3.63, 3.8) is 0 Å².